The summed E-state index contributed by atoms with van der Waals surface area (Å²) < 4.78 is 21.7. The van der Waals surface area contributed by atoms with Gasteiger partial charge in [0.1, 0.15) is 18.1 Å². The van der Waals surface area contributed by atoms with E-state index in [0.29, 0.717) is 41.4 Å². The summed E-state index contributed by atoms with van der Waals surface area (Å²) in [7, 11) is 4.48. The van der Waals surface area contributed by atoms with Crippen molar-refractivity contribution in [1.82, 2.24) is 4.90 Å². The van der Waals surface area contributed by atoms with E-state index < -0.39 is 12.0 Å². The number of carbonyl (C=O) groups is 3. The molecule has 3 amide bonds. The van der Waals surface area contributed by atoms with Gasteiger partial charge in [-0.1, -0.05) is 24.3 Å². The minimum Gasteiger partial charge on any atom is -0.495 e. The molecule has 2 atom stereocenters. The first kappa shape index (κ1) is 29.4. The normalized spacial score (nSPS) is 16.1. The van der Waals surface area contributed by atoms with Gasteiger partial charge in [0, 0.05) is 19.3 Å². The van der Waals surface area contributed by atoms with Gasteiger partial charge in [0.2, 0.25) is 5.91 Å². The van der Waals surface area contributed by atoms with Crippen molar-refractivity contribution in [2.45, 2.75) is 31.9 Å². The summed E-state index contributed by atoms with van der Waals surface area (Å²) in [4.78, 5) is 39.4. The monoisotopic (exact) mass is 561 g/mol. The number of benzene rings is 3. The smallest absolute Gasteiger partial charge is 0.337 e. The van der Waals surface area contributed by atoms with Crippen LogP contribution in [0.25, 0.3) is 0 Å². The van der Waals surface area contributed by atoms with Gasteiger partial charge in [-0.2, -0.15) is 0 Å². The minimum atomic E-state index is -0.418. The highest BCUT2D eigenvalue weighted by Crippen LogP contribution is 2.28. The fourth-order valence-electron chi connectivity index (χ4n) is 4.72. The number of carbonyl (C=O) groups excluding carboxylic acids is 3. The molecule has 0 radical (unpaired) electrons. The van der Waals surface area contributed by atoms with Crippen LogP contribution in [0, 0.1) is 6.92 Å². The number of esters is 1. The lowest BCUT2D eigenvalue weighted by molar-refractivity contribution is -0.132. The van der Waals surface area contributed by atoms with Crippen LogP contribution in [0.15, 0.2) is 66.7 Å². The number of rotatable bonds is 10. The zero-order valence-electron chi connectivity index (χ0n) is 23.6. The van der Waals surface area contributed by atoms with Gasteiger partial charge < -0.3 is 34.5 Å². The fraction of sp³-hybridized carbons (Fsp3) is 0.323. The van der Waals surface area contributed by atoms with E-state index in [1.54, 1.807) is 54.5 Å². The van der Waals surface area contributed by atoms with Crippen molar-refractivity contribution < 1.29 is 33.3 Å². The van der Waals surface area contributed by atoms with E-state index in [9.17, 15) is 14.4 Å². The molecule has 216 valence electrons. The zero-order valence-corrected chi connectivity index (χ0v) is 23.6. The first-order valence-corrected chi connectivity index (χ1v) is 13.2. The van der Waals surface area contributed by atoms with E-state index in [0.717, 1.165) is 11.1 Å². The van der Waals surface area contributed by atoms with Crippen LogP contribution in [-0.2, 0) is 20.7 Å². The van der Waals surface area contributed by atoms with Crippen LogP contribution in [0.1, 0.15) is 27.9 Å². The van der Waals surface area contributed by atoms with Crippen molar-refractivity contribution in [2.24, 2.45) is 0 Å². The molecule has 0 bridgehead atoms. The molecular formula is C31H35N3O7. The van der Waals surface area contributed by atoms with Crippen molar-refractivity contribution in [3.05, 3.63) is 83.4 Å². The lowest BCUT2D eigenvalue weighted by Crippen LogP contribution is -2.40. The lowest BCUT2D eigenvalue weighted by Gasteiger charge is -2.25. The summed E-state index contributed by atoms with van der Waals surface area (Å²) in [5.74, 6) is 0.546. The molecule has 0 saturated carbocycles. The Hall–Kier alpha value is -4.57. The quantitative estimate of drug-likeness (QED) is 0.346. The van der Waals surface area contributed by atoms with E-state index >= 15 is 0 Å². The van der Waals surface area contributed by atoms with Gasteiger partial charge >= 0.3 is 12.0 Å². The molecule has 0 aromatic heterocycles. The van der Waals surface area contributed by atoms with Gasteiger partial charge in [-0.3, -0.25) is 4.79 Å². The van der Waals surface area contributed by atoms with Crippen LogP contribution in [0.5, 0.6) is 11.5 Å². The Morgan fingerprint density at radius 2 is 1.66 bits per heavy atom. The van der Waals surface area contributed by atoms with E-state index in [2.05, 4.69) is 10.6 Å². The molecule has 0 aliphatic carbocycles. The Kier molecular flexibility index (Phi) is 9.81. The molecule has 1 fully saturated rings. The Labute approximate surface area is 239 Å². The number of likely N-dealkylation sites (tertiary alicyclic amines) is 1. The van der Waals surface area contributed by atoms with Gasteiger partial charge in [0.15, 0.2) is 0 Å². The molecule has 10 heteroatoms. The number of hydrogen-bond acceptors (Lipinski definition) is 7. The van der Waals surface area contributed by atoms with Crippen LogP contribution >= 0.6 is 0 Å². The number of para-hydroxylation sites is 1. The highest BCUT2D eigenvalue weighted by Gasteiger charge is 2.35. The number of methoxy groups -OCH3 is 3. The molecule has 3 aromatic carbocycles. The van der Waals surface area contributed by atoms with E-state index in [-0.39, 0.29) is 31.1 Å². The highest BCUT2D eigenvalue weighted by atomic mass is 16.5. The molecule has 0 spiro atoms. The number of nitrogens with one attached hydrogen (secondary N) is 2. The van der Waals surface area contributed by atoms with E-state index in [1.165, 1.54) is 14.2 Å². The maximum atomic E-state index is 13.4. The van der Waals surface area contributed by atoms with Gasteiger partial charge in [-0.15, -0.1) is 0 Å². The molecule has 1 aliphatic heterocycles. The Bertz CT molecular complexity index is 1380. The van der Waals surface area contributed by atoms with Crippen molar-refractivity contribution >= 4 is 29.3 Å². The summed E-state index contributed by atoms with van der Waals surface area (Å²) in [5, 5.41) is 5.64. The van der Waals surface area contributed by atoms with Crippen LogP contribution in [0.4, 0.5) is 16.2 Å². The number of nitrogens with zero attached hydrogens (tertiary/aromatic N) is 1. The van der Waals surface area contributed by atoms with Crippen LogP contribution in [0.3, 0.4) is 0 Å². The Morgan fingerprint density at radius 1 is 0.927 bits per heavy atom. The number of amides is 3. The Balaban J connectivity index is 1.38. The van der Waals surface area contributed by atoms with Crippen molar-refractivity contribution in [1.29, 1.82) is 0 Å². The fourth-order valence-corrected chi connectivity index (χ4v) is 4.72. The largest absolute Gasteiger partial charge is 0.495 e. The average molecular weight is 562 g/mol. The third-order valence-corrected chi connectivity index (χ3v) is 7.01. The summed E-state index contributed by atoms with van der Waals surface area (Å²) in [5.41, 5.74) is 3.32. The van der Waals surface area contributed by atoms with Crippen molar-refractivity contribution in [3.63, 3.8) is 0 Å². The van der Waals surface area contributed by atoms with Crippen LogP contribution < -0.4 is 20.1 Å². The topological polar surface area (TPSA) is 115 Å². The summed E-state index contributed by atoms with van der Waals surface area (Å²) in [6.45, 7) is 2.66. The molecule has 2 N–H and O–H groups in total. The van der Waals surface area contributed by atoms with E-state index in [1.807, 2.05) is 31.2 Å². The molecule has 2 unspecified atom stereocenters. The molecule has 1 aliphatic rings. The van der Waals surface area contributed by atoms with Crippen LogP contribution in [-0.4, -0.2) is 69.4 Å². The van der Waals surface area contributed by atoms with Crippen molar-refractivity contribution in [3.8, 4) is 11.5 Å². The maximum Gasteiger partial charge on any atom is 0.337 e. The summed E-state index contributed by atoms with van der Waals surface area (Å²) >= 11 is 0. The van der Waals surface area contributed by atoms with Gasteiger partial charge in [-0.05, 0) is 66.9 Å². The number of hydrogen-bond donors (Lipinski definition) is 2. The van der Waals surface area contributed by atoms with Gasteiger partial charge in [0.05, 0.1) is 44.0 Å². The second-order valence-electron chi connectivity index (χ2n) is 9.73. The van der Waals surface area contributed by atoms with Gasteiger partial charge in [0.25, 0.3) is 0 Å². The minimum absolute atomic E-state index is 0.0701. The number of ether oxygens (including phenoxy) is 4. The number of aryl methyl sites for hydroxylation is 1. The highest BCUT2D eigenvalue weighted by molar-refractivity contribution is 6.01. The standard InChI is InChI=1S/C31H35N3O7/c1-20-7-5-6-8-26(20)32-31(37)33-27-14-9-21(15-28(27)39-3)16-29(35)34-18-25(38-2)17-23(34)19-41-24-12-10-22(11-13-24)30(36)40-4/h5-15,23,25H,16-19H2,1-4H3,(H2,32,33,37). The first-order valence-electron chi connectivity index (χ1n) is 13.2. The molecule has 1 saturated heterocycles. The van der Waals surface area contributed by atoms with Crippen molar-refractivity contribution in [2.75, 3.05) is 45.1 Å². The SMILES string of the molecule is COC(=O)c1ccc(OCC2CC(OC)CN2C(=O)Cc2ccc(NC(=O)Nc3ccccc3C)c(OC)c2)cc1. The zero-order chi connectivity index (χ0) is 29.4. The number of anilines is 2. The van der Waals surface area contributed by atoms with Gasteiger partial charge in [-0.25, -0.2) is 9.59 Å². The summed E-state index contributed by atoms with van der Waals surface area (Å²) in [6.07, 6.45) is 0.694. The average Bonchev–Trinajstić information content (AvgIpc) is 3.41. The second kappa shape index (κ2) is 13.7. The molecular weight excluding hydrogens is 526 g/mol. The second-order valence-corrected chi connectivity index (χ2v) is 9.73. The lowest BCUT2D eigenvalue weighted by atomic mass is 10.1. The van der Waals surface area contributed by atoms with Crippen LogP contribution in [0.2, 0.25) is 0 Å². The summed E-state index contributed by atoms with van der Waals surface area (Å²) in [6, 6.07) is 18.8. The molecule has 3 aromatic rings. The molecule has 4 rings (SSSR count). The van der Waals surface area contributed by atoms with E-state index in [4.69, 9.17) is 18.9 Å². The number of urea groups is 1. The predicted octanol–water partition coefficient (Wildman–Crippen LogP) is 4.67. The molecule has 10 nitrogen and oxygen atoms in total. The molecule has 1 heterocycles. The third kappa shape index (κ3) is 7.55. The first-order chi connectivity index (χ1) is 19.8. The third-order valence-electron chi connectivity index (χ3n) is 7.01. The Morgan fingerprint density at radius 3 is 2.34 bits per heavy atom. The molecule has 41 heavy (non-hydrogen) atoms. The maximum absolute atomic E-state index is 13.4. The predicted molar refractivity (Wildman–Crippen MR) is 155 cm³/mol.